The number of hydrogen-bond acceptors (Lipinski definition) is 3. The van der Waals surface area contributed by atoms with Gasteiger partial charge in [0.05, 0.1) is 0 Å². The Kier molecular flexibility index (Phi) is 8.26. The van der Waals surface area contributed by atoms with Crippen molar-refractivity contribution in [1.82, 2.24) is 10.2 Å². The van der Waals surface area contributed by atoms with Crippen LogP contribution in [0.15, 0.2) is 0 Å². The van der Waals surface area contributed by atoms with E-state index in [1.807, 2.05) is 0 Å². The van der Waals surface area contributed by atoms with Crippen molar-refractivity contribution in [1.29, 1.82) is 0 Å². The third-order valence-electron chi connectivity index (χ3n) is 3.66. The summed E-state index contributed by atoms with van der Waals surface area (Å²) in [6.45, 7) is 12.4. The molecular weight excluding hydrogens is 238 g/mol. The molecule has 4 nitrogen and oxygen atoms in total. The Bertz CT molecular complexity index is 259. The molecule has 1 amide bonds. The second-order valence-corrected chi connectivity index (χ2v) is 6.81. The topological polar surface area (TPSA) is 58.4 Å². The maximum absolute atomic E-state index is 11.7. The largest absolute Gasteiger partial charge is 0.356 e. The van der Waals surface area contributed by atoms with Crippen LogP contribution in [0.5, 0.6) is 0 Å². The monoisotopic (exact) mass is 271 g/mol. The lowest BCUT2D eigenvalue weighted by Crippen LogP contribution is -2.40. The Morgan fingerprint density at radius 2 is 1.84 bits per heavy atom. The number of unbranched alkanes of at least 4 members (excludes halogenated alkanes) is 1. The zero-order valence-electron chi connectivity index (χ0n) is 13.6. The average Bonchev–Trinajstić information content (AvgIpc) is 2.26. The van der Waals surface area contributed by atoms with E-state index < -0.39 is 0 Å². The van der Waals surface area contributed by atoms with Gasteiger partial charge in [0.2, 0.25) is 5.91 Å². The molecule has 0 heterocycles. The van der Waals surface area contributed by atoms with Crippen LogP contribution in [0.2, 0.25) is 0 Å². The van der Waals surface area contributed by atoms with Crippen LogP contribution < -0.4 is 11.1 Å². The molecule has 1 unspecified atom stereocenters. The summed E-state index contributed by atoms with van der Waals surface area (Å²) in [5, 5.41) is 2.95. The fraction of sp³-hybridized carbons (Fsp3) is 0.933. The normalized spacial score (nSPS) is 13.9. The summed E-state index contributed by atoms with van der Waals surface area (Å²) in [5.74, 6) is 0.0691. The van der Waals surface area contributed by atoms with Crippen LogP contribution in [-0.2, 0) is 4.79 Å². The van der Waals surface area contributed by atoms with Crippen LogP contribution in [0.3, 0.4) is 0 Å². The van der Waals surface area contributed by atoms with Gasteiger partial charge >= 0.3 is 0 Å². The Morgan fingerprint density at radius 1 is 1.26 bits per heavy atom. The predicted octanol–water partition coefficient (Wildman–Crippen LogP) is 1.99. The first-order valence-corrected chi connectivity index (χ1v) is 7.37. The number of carbonyl (C=O) groups is 1. The molecule has 0 aliphatic heterocycles. The molecule has 0 saturated heterocycles. The third-order valence-corrected chi connectivity index (χ3v) is 3.66. The highest BCUT2D eigenvalue weighted by Gasteiger charge is 2.22. The van der Waals surface area contributed by atoms with Gasteiger partial charge in [-0.3, -0.25) is 4.79 Å². The van der Waals surface area contributed by atoms with Crippen molar-refractivity contribution in [2.45, 2.75) is 66.0 Å². The first-order valence-electron chi connectivity index (χ1n) is 7.37. The van der Waals surface area contributed by atoms with Gasteiger partial charge in [-0.1, -0.05) is 20.8 Å². The molecule has 3 N–H and O–H groups in total. The summed E-state index contributed by atoms with van der Waals surface area (Å²) < 4.78 is 0. The lowest BCUT2D eigenvalue weighted by molar-refractivity contribution is -0.121. The molecule has 114 valence electrons. The predicted molar refractivity (Wildman–Crippen MR) is 82.1 cm³/mol. The highest BCUT2D eigenvalue weighted by Crippen LogP contribution is 2.19. The van der Waals surface area contributed by atoms with Gasteiger partial charge in [0.15, 0.2) is 0 Å². The van der Waals surface area contributed by atoms with Crippen molar-refractivity contribution >= 4 is 5.91 Å². The number of nitrogens with two attached hydrogens (primary N) is 1. The van der Waals surface area contributed by atoms with Crippen LogP contribution in [0.25, 0.3) is 0 Å². The minimum Gasteiger partial charge on any atom is -0.356 e. The van der Waals surface area contributed by atoms with Crippen molar-refractivity contribution in [3.05, 3.63) is 0 Å². The molecule has 0 aliphatic rings. The van der Waals surface area contributed by atoms with E-state index in [9.17, 15) is 4.79 Å². The van der Waals surface area contributed by atoms with E-state index in [1.54, 1.807) is 0 Å². The van der Waals surface area contributed by atoms with Gasteiger partial charge in [0, 0.05) is 25.0 Å². The second kappa shape index (κ2) is 8.54. The molecule has 0 bridgehead atoms. The van der Waals surface area contributed by atoms with Crippen LogP contribution in [-0.4, -0.2) is 43.0 Å². The highest BCUT2D eigenvalue weighted by molar-refractivity contribution is 5.76. The maximum Gasteiger partial charge on any atom is 0.221 e. The number of nitrogens with zero attached hydrogens (tertiary/aromatic N) is 1. The second-order valence-electron chi connectivity index (χ2n) is 6.81. The van der Waals surface area contributed by atoms with E-state index in [2.05, 4.69) is 51.9 Å². The third kappa shape index (κ3) is 9.00. The van der Waals surface area contributed by atoms with Crippen molar-refractivity contribution in [2.75, 3.05) is 20.1 Å². The van der Waals surface area contributed by atoms with Crippen molar-refractivity contribution in [3.63, 3.8) is 0 Å². The van der Waals surface area contributed by atoms with Crippen molar-refractivity contribution in [2.24, 2.45) is 11.1 Å². The quantitative estimate of drug-likeness (QED) is 0.664. The van der Waals surface area contributed by atoms with Gasteiger partial charge in [0.1, 0.15) is 0 Å². The lowest BCUT2D eigenvalue weighted by Gasteiger charge is -2.26. The fourth-order valence-electron chi connectivity index (χ4n) is 1.55. The smallest absolute Gasteiger partial charge is 0.221 e. The summed E-state index contributed by atoms with van der Waals surface area (Å²) in [7, 11) is 2.13. The SMILES string of the molecule is CC(C)N(C)CCCCNC(=O)CC(N)C(C)(C)C. The van der Waals surface area contributed by atoms with E-state index in [0.29, 0.717) is 12.5 Å². The summed E-state index contributed by atoms with van der Waals surface area (Å²) in [6, 6.07) is 0.499. The molecule has 0 radical (unpaired) electrons. The van der Waals surface area contributed by atoms with E-state index in [1.165, 1.54) is 0 Å². The Balaban J connectivity index is 3.65. The van der Waals surface area contributed by atoms with E-state index >= 15 is 0 Å². The lowest BCUT2D eigenvalue weighted by atomic mass is 9.85. The summed E-state index contributed by atoms with van der Waals surface area (Å²) in [4.78, 5) is 14.0. The summed E-state index contributed by atoms with van der Waals surface area (Å²) in [6.07, 6.45) is 2.54. The molecule has 0 fully saturated rings. The van der Waals surface area contributed by atoms with Crippen molar-refractivity contribution in [3.8, 4) is 0 Å². The van der Waals surface area contributed by atoms with E-state index in [0.717, 1.165) is 25.9 Å². The minimum atomic E-state index is -0.0837. The molecular formula is C15H33N3O. The van der Waals surface area contributed by atoms with Gasteiger partial charge in [-0.2, -0.15) is 0 Å². The summed E-state index contributed by atoms with van der Waals surface area (Å²) in [5.41, 5.74) is 5.97. The molecule has 0 aromatic carbocycles. The molecule has 1 atom stereocenters. The number of hydrogen-bond donors (Lipinski definition) is 2. The Labute approximate surface area is 119 Å². The number of nitrogens with one attached hydrogen (secondary N) is 1. The Hall–Kier alpha value is -0.610. The standard InChI is InChI=1S/C15H33N3O/c1-12(2)18(6)10-8-7-9-17-14(19)11-13(16)15(3,4)5/h12-13H,7-11,16H2,1-6H3,(H,17,19). The van der Waals surface area contributed by atoms with Crippen LogP contribution in [0, 0.1) is 5.41 Å². The fourth-order valence-corrected chi connectivity index (χ4v) is 1.55. The van der Waals surface area contributed by atoms with Crippen LogP contribution in [0.4, 0.5) is 0 Å². The minimum absolute atomic E-state index is 0.0166. The number of carbonyl (C=O) groups excluding carboxylic acids is 1. The van der Waals surface area contributed by atoms with Gasteiger partial charge in [-0.15, -0.1) is 0 Å². The summed E-state index contributed by atoms with van der Waals surface area (Å²) >= 11 is 0. The molecule has 0 aliphatic carbocycles. The molecule has 19 heavy (non-hydrogen) atoms. The van der Waals surface area contributed by atoms with E-state index in [-0.39, 0.29) is 17.4 Å². The van der Waals surface area contributed by atoms with Crippen LogP contribution in [0.1, 0.15) is 53.9 Å². The molecule has 0 saturated carbocycles. The molecule has 4 heteroatoms. The van der Waals surface area contributed by atoms with Gasteiger partial charge in [0.25, 0.3) is 0 Å². The Morgan fingerprint density at radius 3 is 2.32 bits per heavy atom. The highest BCUT2D eigenvalue weighted by atomic mass is 16.1. The maximum atomic E-state index is 11.7. The number of amides is 1. The molecule has 0 spiro atoms. The zero-order chi connectivity index (χ0) is 15.1. The zero-order valence-corrected chi connectivity index (χ0v) is 13.6. The van der Waals surface area contributed by atoms with Gasteiger partial charge in [-0.25, -0.2) is 0 Å². The van der Waals surface area contributed by atoms with Crippen LogP contribution >= 0.6 is 0 Å². The molecule has 0 aromatic heterocycles. The first-order chi connectivity index (χ1) is 8.64. The number of rotatable bonds is 8. The average molecular weight is 271 g/mol. The van der Waals surface area contributed by atoms with Gasteiger partial charge < -0.3 is 16.0 Å². The van der Waals surface area contributed by atoms with E-state index in [4.69, 9.17) is 5.73 Å². The van der Waals surface area contributed by atoms with Gasteiger partial charge in [-0.05, 0) is 45.7 Å². The molecule has 0 aromatic rings. The molecule has 0 rings (SSSR count). The first kappa shape index (κ1) is 18.4. The van der Waals surface area contributed by atoms with Crippen molar-refractivity contribution < 1.29 is 4.79 Å².